The van der Waals surface area contributed by atoms with Crippen LogP contribution in [0.1, 0.15) is 30.5 Å². The molecule has 1 aliphatic heterocycles. The van der Waals surface area contributed by atoms with Gasteiger partial charge in [-0.05, 0) is 36.8 Å². The number of rotatable bonds is 6. The highest BCUT2D eigenvalue weighted by Crippen LogP contribution is 2.22. The van der Waals surface area contributed by atoms with Gasteiger partial charge in [0.1, 0.15) is 6.10 Å². The van der Waals surface area contributed by atoms with Crippen LogP contribution in [-0.2, 0) is 4.84 Å². The summed E-state index contributed by atoms with van der Waals surface area (Å²) in [6.45, 7) is 2.73. The molecule has 3 rings (SSSR count). The lowest BCUT2D eigenvalue weighted by Crippen LogP contribution is -2.29. The summed E-state index contributed by atoms with van der Waals surface area (Å²) in [4.78, 5) is 9.58. The molecular weight excluding hydrogens is 309 g/mol. The van der Waals surface area contributed by atoms with E-state index < -0.39 is 5.82 Å². The summed E-state index contributed by atoms with van der Waals surface area (Å²) in [6, 6.07) is 8.93. The van der Waals surface area contributed by atoms with Crippen LogP contribution < -0.4 is 10.1 Å². The number of oxime groups is 1. The van der Waals surface area contributed by atoms with Gasteiger partial charge in [0.05, 0.1) is 12.8 Å². The van der Waals surface area contributed by atoms with Gasteiger partial charge in [0.15, 0.2) is 11.6 Å². The van der Waals surface area contributed by atoms with Crippen LogP contribution in [0.5, 0.6) is 5.75 Å². The van der Waals surface area contributed by atoms with Gasteiger partial charge in [0, 0.05) is 37.0 Å². The second kappa shape index (κ2) is 7.40. The monoisotopic (exact) mass is 329 g/mol. The fraction of sp³-hybridized carbons (Fsp3) is 0.333. The van der Waals surface area contributed by atoms with Crippen molar-refractivity contribution in [2.45, 2.75) is 25.5 Å². The molecule has 126 valence electrons. The van der Waals surface area contributed by atoms with Gasteiger partial charge in [-0.15, -0.1) is 0 Å². The Balaban J connectivity index is 1.54. The average molecular weight is 329 g/mol. The van der Waals surface area contributed by atoms with Crippen molar-refractivity contribution in [3.63, 3.8) is 0 Å². The van der Waals surface area contributed by atoms with Gasteiger partial charge >= 0.3 is 0 Å². The molecular formula is C18H20FN3O2. The first-order valence-corrected chi connectivity index (χ1v) is 7.87. The second-order valence-electron chi connectivity index (χ2n) is 5.74. The van der Waals surface area contributed by atoms with Crippen molar-refractivity contribution in [3.05, 3.63) is 59.7 Å². The number of pyridine rings is 1. The van der Waals surface area contributed by atoms with Crippen molar-refractivity contribution in [1.82, 2.24) is 10.3 Å². The maximum absolute atomic E-state index is 13.8. The first kappa shape index (κ1) is 16.4. The number of ether oxygens (including phenoxy) is 1. The third-order valence-electron chi connectivity index (χ3n) is 4.05. The van der Waals surface area contributed by atoms with Crippen molar-refractivity contribution in [2.75, 3.05) is 13.7 Å². The topological polar surface area (TPSA) is 55.7 Å². The predicted octanol–water partition coefficient (Wildman–Crippen LogP) is 3.07. The SMILES string of the molecule is COc1ccc(C2=NOC(CNC(C)c3cccnc3)C2)cc1F. The maximum Gasteiger partial charge on any atom is 0.165 e. The molecule has 1 N–H and O–H groups in total. The lowest BCUT2D eigenvalue weighted by atomic mass is 10.0. The zero-order chi connectivity index (χ0) is 16.9. The van der Waals surface area contributed by atoms with Crippen molar-refractivity contribution in [2.24, 2.45) is 5.16 Å². The van der Waals surface area contributed by atoms with Gasteiger partial charge in [0.2, 0.25) is 0 Å². The molecule has 24 heavy (non-hydrogen) atoms. The van der Waals surface area contributed by atoms with Crippen LogP contribution in [0, 0.1) is 5.82 Å². The molecule has 2 unspecified atom stereocenters. The first-order chi connectivity index (χ1) is 11.7. The van der Waals surface area contributed by atoms with Gasteiger partial charge < -0.3 is 14.9 Å². The molecule has 2 atom stereocenters. The number of aromatic nitrogens is 1. The van der Waals surface area contributed by atoms with Crippen LogP contribution in [0.15, 0.2) is 47.9 Å². The van der Waals surface area contributed by atoms with Gasteiger partial charge in [-0.2, -0.15) is 0 Å². The van der Waals surface area contributed by atoms with Gasteiger partial charge in [-0.3, -0.25) is 4.98 Å². The highest BCUT2D eigenvalue weighted by Gasteiger charge is 2.23. The minimum atomic E-state index is -0.399. The van der Waals surface area contributed by atoms with E-state index in [1.54, 1.807) is 18.3 Å². The molecule has 2 heterocycles. The fourth-order valence-electron chi connectivity index (χ4n) is 2.61. The Morgan fingerprint density at radius 1 is 1.42 bits per heavy atom. The Hall–Kier alpha value is -2.47. The lowest BCUT2D eigenvalue weighted by Gasteiger charge is -2.16. The lowest BCUT2D eigenvalue weighted by molar-refractivity contribution is 0.0831. The molecule has 6 heteroatoms. The molecule has 0 radical (unpaired) electrons. The van der Waals surface area contributed by atoms with E-state index >= 15 is 0 Å². The first-order valence-electron chi connectivity index (χ1n) is 7.87. The number of halogens is 1. The van der Waals surface area contributed by atoms with E-state index in [1.165, 1.54) is 13.2 Å². The molecule has 0 spiro atoms. The third kappa shape index (κ3) is 3.71. The van der Waals surface area contributed by atoms with E-state index in [4.69, 9.17) is 9.57 Å². The molecule has 0 saturated carbocycles. The predicted molar refractivity (Wildman–Crippen MR) is 89.6 cm³/mol. The summed E-state index contributed by atoms with van der Waals surface area (Å²) >= 11 is 0. The molecule has 0 fully saturated rings. The molecule has 0 aliphatic carbocycles. The summed E-state index contributed by atoms with van der Waals surface area (Å²) < 4.78 is 18.7. The van der Waals surface area contributed by atoms with E-state index in [2.05, 4.69) is 22.4 Å². The zero-order valence-corrected chi connectivity index (χ0v) is 13.7. The zero-order valence-electron chi connectivity index (χ0n) is 13.7. The minimum absolute atomic E-state index is 0.0655. The number of nitrogens with zero attached hydrogens (tertiary/aromatic N) is 2. The quantitative estimate of drug-likeness (QED) is 0.885. The summed E-state index contributed by atoms with van der Waals surface area (Å²) in [5, 5.41) is 7.50. The highest BCUT2D eigenvalue weighted by molar-refractivity contribution is 6.01. The summed E-state index contributed by atoms with van der Waals surface area (Å²) in [7, 11) is 1.44. The normalized spacial score (nSPS) is 18.0. The van der Waals surface area contributed by atoms with Crippen molar-refractivity contribution < 1.29 is 14.0 Å². The van der Waals surface area contributed by atoms with Crippen molar-refractivity contribution in [3.8, 4) is 5.75 Å². The van der Waals surface area contributed by atoms with Crippen LogP contribution in [0.3, 0.4) is 0 Å². The van der Waals surface area contributed by atoms with Crippen LogP contribution in [0.2, 0.25) is 0 Å². The van der Waals surface area contributed by atoms with Gasteiger partial charge in [0.25, 0.3) is 0 Å². The number of hydrogen-bond acceptors (Lipinski definition) is 5. The van der Waals surface area contributed by atoms with E-state index in [1.807, 2.05) is 18.3 Å². The van der Waals surface area contributed by atoms with E-state index in [0.29, 0.717) is 13.0 Å². The van der Waals surface area contributed by atoms with E-state index in [-0.39, 0.29) is 17.9 Å². The van der Waals surface area contributed by atoms with Gasteiger partial charge in [-0.1, -0.05) is 11.2 Å². The Morgan fingerprint density at radius 3 is 3.00 bits per heavy atom. The number of hydrogen-bond donors (Lipinski definition) is 1. The molecule has 0 saturated heterocycles. The molecule has 1 aliphatic rings. The number of nitrogens with one attached hydrogen (secondary N) is 1. The molecule has 0 bridgehead atoms. The van der Waals surface area contributed by atoms with Crippen LogP contribution in [-0.4, -0.2) is 30.5 Å². The summed E-state index contributed by atoms with van der Waals surface area (Å²) in [6.07, 6.45) is 4.17. The van der Waals surface area contributed by atoms with E-state index in [0.717, 1.165) is 16.8 Å². The maximum atomic E-state index is 13.8. The largest absolute Gasteiger partial charge is 0.494 e. The smallest absolute Gasteiger partial charge is 0.165 e. The second-order valence-corrected chi connectivity index (χ2v) is 5.74. The van der Waals surface area contributed by atoms with Crippen LogP contribution >= 0.6 is 0 Å². The van der Waals surface area contributed by atoms with Crippen molar-refractivity contribution in [1.29, 1.82) is 0 Å². The Kier molecular flexibility index (Phi) is 5.05. The molecule has 1 aromatic carbocycles. The molecule has 5 nitrogen and oxygen atoms in total. The summed E-state index contributed by atoms with van der Waals surface area (Å²) in [5.41, 5.74) is 2.59. The fourth-order valence-corrected chi connectivity index (χ4v) is 2.61. The standard InChI is InChI=1S/C18H20FN3O2/c1-12(14-4-3-7-20-10-14)21-11-15-9-17(22-24-15)13-5-6-18(23-2)16(19)8-13/h3-8,10,12,15,21H,9,11H2,1-2H3. The van der Waals surface area contributed by atoms with Crippen molar-refractivity contribution >= 4 is 5.71 Å². The third-order valence-corrected chi connectivity index (χ3v) is 4.05. The highest BCUT2D eigenvalue weighted by atomic mass is 19.1. The van der Waals surface area contributed by atoms with E-state index in [9.17, 15) is 4.39 Å². The Labute approximate surface area is 140 Å². The molecule has 1 aromatic heterocycles. The van der Waals surface area contributed by atoms with Crippen LogP contribution in [0.25, 0.3) is 0 Å². The van der Waals surface area contributed by atoms with Crippen LogP contribution in [0.4, 0.5) is 4.39 Å². The Bertz CT molecular complexity index is 721. The molecule has 2 aromatic rings. The van der Waals surface area contributed by atoms with Gasteiger partial charge in [-0.25, -0.2) is 4.39 Å². The minimum Gasteiger partial charge on any atom is -0.494 e. The average Bonchev–Trinajstić information content (AvgIpc) is 3.09. The summed E-state index contributed by atoms with van der Waals surface area (Å²) in [5.74, 6) is -0.175. The Morgan fingerprint density at radius 2 is 2.29 bits per heavy atom. The molecule has 0 amide bonds. The number of benzene rings is 1. The number of methoxy groups -OCH3 is 1.